The Morgan fingerprint density at radius 3 is 2.14 bits per heavy atom. The average molecular weight is 495 g/mol. The Morgan fingerprint density at radius 1 is 0.806 bits per heavy atom. The summed E-state index contributed by atoms with van der Waals surface area (Å²) in [6.07, 6.45) is 0.135. The summed E-state index contributed by atoms with van der Waals surface area (Å²) in [5, 5.41) is 7.18. The number of carbonyl (C=O) groups is 4. The van der Waals surface area contributed by atoms with Crippen LogP contribution >= 0.6 is 0 Å². The van der Waals surface area contributed by atoms with Gasteiger partial charge >= 0.3 is 5.97 Å². The molecule has 3 rings (SSSR count). The Labute approximate surface area is 205 Å². The highest BCUT2D eigenvalue weighted by atomic mass is 19.2. The van der Waals surface area contributed by atoms with Gasteiger partial charge in [0, 0.05) is 23.7 Å². The molecule has 0 radical (unpaired) electrons. The minimum Gasteiger partial charge on any atom is -0.454 e. The maximum atomic E-state index is 13.2. The fraction of sp³-hybridized carbons (Fsp3) is 0.154. The number of anilines is 1. The number of rotatable bonds is 10. The highest BCUT2D eigenvalue weighted by Gasteiger charge is 2.24. The van der Waals surface area contributed by atoms with E-state index in [-0.39, 0.29) is 12.1 Å². The van der Waals surface area contributed by atoms with Crippen molar-refractivity contribution in [3.8, 4) is 0 Å². The summed E-state index contributed by atoms with van der Waals surface area (Å²) in [6.45, 7) is -1.18. The van der Waals surface area contributed by atoms with E-state index in [0.717, 1.165) is 23.8 Å². The van der Waals surface area contributed by atoms with Gasteiger partial charge in [-0.25, -0.2) is 13.6 Å². The second kappa shape index (κ2) is 12.7. The highest BCUT2D eigenvalue weighted by molar-refractivity contribution is 5.97. The number of benzene rings is 3. The molecule has 0 heterocycles. The summed E-state index contributed by atoms with van der Waals surface area (Å²) in [4.78, 5) is 49.2. The van der Waals surface area contributed by atoms with E-state index in [1.165, 1.54) is 0 Å². The molecular formula is C26H23F2N3O5. The molecule has 1 unspecified atom stereocenters. The quantitative estimate of drug-likeness (QED) is 0.374. The van der Waals surface area contributed by atoms with Gasteiger partial charge < -0.3 is 20.7 Å². The van der Waals surface area contributed by atoms with E-state index < -0.39 is 54.5 Å². The lowest BCUT2D eigenvalue weighted by atomic mass is 10.1. The number of hydrogen-bond acceptors (Lipinski definition) is 5. The smallest absolute Gasteiger partial charge is 0.329 e. The number of esters is 1. The van der Waals surface area contributed by atoms with Gasteiger partial charge in [-0.1, -0.05) is 48.5 Å². The summed E-state index contributed by atoms with van der Waals surface area (Å²) in [5.74, 6) is -4.97. The van der Waals surface area contributed by atoms with Crippen LogP contribution in [0, 0.1) is 11.6 Å². The molecule has 0 fully saturated rings. The maximum absolute atomic E-state index is 13.2. The SMILES string of the molecule is O=C(COC(=O)C(Cc1ccccc1)NC(=O)c1ccccc1)NCC(=O)Nc1ccc(F)c(F)c1. The van der Waals surface area contributed by atoms with Crippen LogP contribution in [0.4, 0.5) is 14.5 Å². The largest absolute Gasteiger partial charge is 0.454 e. The molecule has 3 amide bonds. The highest BCUT2D eigenvalue weighted by Crippen LogP contribution is 2.12. The molecule has 10 heteroatoms. The van der Waals surface area contributed by atoms with Gasteiger partial charge in [0.05, 0.1) is 6.54 Å². The van der Waals surface area contributed by atoms with Gasteiger partial charge in [0.15, 0.2) is 18.2 Å². The number of hydrogen-bond donors (Lipinski definition) is 3. The van der Waals surface area contributed by atoms with Crippen LogP contribution in [0.5, 0.6) is 0 Å². The monoisotopic (exact) mass is 495 g/mol. The summed E-state index contributed by atoms with van der Waals surface area (Å²) < 4.78 is 31.3. The first kappa shape index (κ1) is 26.0. The van der Waals surface area contributed by atoms with Crippen LogP contribution in [-0.2, 0) is 25.5 Å². The first-order valence-corrected chi connectivity index (χ1v) is 10.9. The number of nitrogens with one attached hydrogen (secondary N) is 3. The van der Waals surface area contributed by atoms with Crippen LogP contribution in [-0.4, -0.2) is 42.9 Å². The minimum atomic E-state index is -1.13. The van der Waals surface area contributed by atoms with Crippen molar-refractivity contribution in [2.24, 2.45) is 0 Å². The number of ether oxygens (including phenoxy) is 1. The second-order valence-corrected chi connectivity index (χ2v) is 7.64. The van der Waals surface area contributed by atoms with Crippen LogP contribution in [0.15, 0.2) is 78.9 Å². The summed E-state index contributed by atoms with van der Waals surface area (Å²) >= 11 is 0. The molecule has 3 N–H and O–H groups in total. The van der Waals surface area contributed by atoms with Crippen LogP contribution in [0.3, 0.4) is 0 Å². The average Bonchev–Trinajstić information content (AvgIpc) is 2.89. The van der Waals surface area contributed by atoms with Crippen molar-refractivity contribution in [3.63, 3.8) is 0 Å². The van der Waals surface area contributed by atoms with Gasteiger partial charge in [0.25, 0.3) is 11.8 Å². The van der Waals surface area contributed by atoms with Crippen molar-refractivity contribution >= 4 is 29.4 Å². The molecule has 3 aromatic rings. The molecule has 36 heavy (non-hydrogen) atoms. The predicted molar refractivity (Wildman–Crippen MR) is 127 cm³/mol. The summed E-state index contributed by atoms with van der Waals surface area (Å²) in [5.41, 5.74) is 1.14. The summed E-state index contributed by atoms with van der Waals surface area (Å²) in [7, 11) is 0. The van der Waals surface area contributed by atoms with Crippen molar-refractivity contribution in [2.75, 3.05) is 18.5 Å². The Morgan fingerprint density at radius 2 is 1.47 bits per heavy atom. The van der Waals surface area contributed by atoms with Crippen molar-refractivity contribution in [2.45, 2.75) is 12.5 Å². The van der Waals surface area contributed by atoms with Crippen LogP contribution in [0.25, 0.3) is 0 Å². The van der Waals surface area contributed by atoms with Crippen LogP contribution in [0.2, 0.25) is 0 Å². The molecule has 1 atom stereocenters. The predicted octanol–water partition coefficient (Wildman–Crippen LogP) is 2.60. The van der Waals surface area contributed by atoms with E-state index in [4.69, 9.17) is 4.74 Å². The van der Waals surface area contributed by atoms with Gasteiger partial charge in [0.2, 0.25) is 5.91 Å². The zero-order valence-corrected chi connectivity index (χ0v) is 19.0. The Bertz CT molecular complexity index is 1220. The number of halogens is 2. The lowest BCUT2D eigenvalue weighted by Gasteiger charge is -2.18. The minimum absolute atomic E-state index is 0.0116. The lowest BCUT2D eigenvalue weighted by Crippen LogP contribution is -2.44. The van der Waals surface area contributed by atoms with E-state index in [2.05, 4.69) is 16.0 Å². The molecule has 8 nitrogen and oxygen atoms in total. The molecule has 0 aromatic heterocycles. The van der Waals surface area contributed by atoms with E-state index >= 15 is 0 Å². The van der Waals surface area contributed by atoms with Gasteiger partial charge in [0.1, 0.15) is 6.04 Å². The van der Waals surface area contributed by atoms with Gasteiger partial charge in [-0.2, -0.15) is 0 Å². The van der Waals surface area contributed by atoms with E-state index in [1.54, 1.807) is 54.6 Å². The zero-order valence-electron chi connectivity index (χ0n) is 19.0. The lowest BCUT2D eigenvalue weighted by molar-refractivity contribution is -0.150. The van der Waals surface area contributed by atoms with Crippen LogP contribution < -0.4 is 16.0 Å². The maximum Gasteiger partial charge on any atom is 0.329 e. The third-order valence-electron chi connectivity index (χ3n) is 4.90. The topological polar surface area (TPSA) is 114 Å². The Balaban J connectivity index is 1.52. The molecule has 0 saturated carbocycles. The fourth-order valence-electron chi connectivity index (χ4n) is 3.12. The Kier molecular flexibility index (Phi) is 9.21. The first-order chi connectivity index (χ1) is 17.3. The van der Waals surface area contributed by atoms with E-state index in [0.29, 0.717) is 5.56 Å². The molecule has 0 aliphatic heterocycles. The standard InChI is InChI=1S/C26H23F2N3O5/c27-20-12-11-19(14-21(20)28)30-23(32)15-29-24(33)16-36-26(35)22(13-17-7-3-1-4-8-17)31-25(34)18-9-5-2-6-10-18/h1-12,14,22H,13,15-16H2,(H,29,33)(H,30,32)(H,31,34). The zero-order chi connectivity index (χ0) is 25.9. The molecule has 186 valence electrons. The van der Waals surface area contributed by atoms with E-state index in [9.17, 15) is 28.0 Å². The second-order valence-electron chi connectivity index (χ2n) is 7.64. The van der Waals surface area contributed by atoms with Gasteiger partial charge in [-0.15, -0.1) is 0 Å². The number of carbonyl (C=O) groups excluding carboxylic acids is 4. The van der Waals surface area contributed by atoms with Gasteiger partial charge in [-0.3, -0.25) is 14.4 Å². The van der Waals surface area contributed by atoms with Gasteiger partial charge in [-0.05, 0) is 29.8 Å². The van der Waals surface area contributed by atoms with Crippen molar-refractivity contribution in [1.29, 1.82) is 0 Å². The summed E-state index contributed by atoms with van der Waals surface area (Å²) in [6, 6.07) is 19.0. The van der Waals surface area contributed by atoms with Crippen molar-refractivity contribution < 1.29 is 32.7 Å². The molecular weight excluding hydrogens is 472 g/mol. The van der Waals surface area contributed by atoms with Crippen molar-refractivity contribution in [1.82, 2.24) is 10.6 Å². The molecule has 0 bridgehead atoms. The molecule has 3 aromatic carbocycles. The first-order valence-electron chi connectivity index (χ1n) is 10.9. The molecule has 0 aliphatic rings. The molecule has 0 spiro atoms. The number of amides is 3. The molecule has 0 saturated heterocycles. The van der Waals surface area contributed by atoms with Crippen molar-refractivity contribution in [3.05, 3.63) is 102 Å². The molecule has 0 aliphatic carbocycles. The fourth-order valence-corrected chi connectivity index (χ4v) is 3.12. The van der Waals surface area contributed by atoms with Crippen LogP contribution in [0.1, 0.15) is 15.9 Å². The van der Waals surface area contributed by atoms with E-state index in [1.807, 2.05) is 6.07 Å². The third-order valence-corrected chi connectivity index (χ3v) is 4.90. The third kappa shape index (κ3) is 8.01. The Hall–Kier alpha value is -4.60. The normalized spacial score (nSPS) is 11.2.